The van der Waals surface area contributed by atoms with Gasteiger partial charge in [0, 0.05) is 38.5 Å². The zero-order valence-corrected chi connectivity index (χ0v) is 15.1. The number of hydrogen-bond donors (Lipinski definition) is 0. The fourth-order valence-electron chi connectivity index (χ4n) is 2.87. The molecule has 0 bridgehead atoms. The Morgan fingerprint density at radius 1 is 1.33 bits per heavy atom. The van der Waals surface area contributed by atoms with E-state index in [9.17, 15) is 4.79 Å². The number of amides is 1. The van der Waals surface area contributed by atoms with E-state index in [-0.39, 0.29) is 11.8 Å². The Labute approximate surface area is 146 Å². The molecule has 1 amide bonds. The van der Waals surface area contributed by atoms with E-state index >= 15 is 0 Å². The Kier molecular flexibility index (Phi) is 5.63. The molecule has 3 heterocycles. The predicted molar refractivity (Wildman–Crippen MR) is 93.8 cm³/mol. The molecule has 1 fully saturated rings. The van der Waals surface area contributed by atoms with Crippen LogP contribution in [-0.4, -0.2) is 58.6 Å². The molecule has 2 aromatic heterocycles. The molecule has 1 aliphatic rings. The second-order valence-corrected chi connectivity index (χ2v) is 7.36. The van der Waals surface area contributed by atoms with Crippen LogP contribution in [-0.2, 0) is 11.2 Å². The van der Waals surface area contributed by atoms with Gasteiger partial charge in [-0.3, -0.25) is 9.69 Å². The van der Waals surface area contributed by atoms with Gasteiger partial charge in [-0.15, -0.1) is 11.3 Å². The average molecular weight is 348 g/mol. The summed E-state index contributed by atoms with van der Waals surface area (Å²) in [6, 6.07) is 3.98. The van der Waals surface area contributed by atoms with Gasteiger partial charge in [0.1, 0.15) is 0 Å². The first-order valence-electron chi connectivity index (χ1n) is 8.51. The minimum Gasteiger partial charge on any atom is -0.340 e. The highest BCUT2D eigenvalue weighted by Crippen LogP contribution is 2.21. The van der Waals surface area contributed by atoms with Crippen molar-refractivity contribution in [3.05, 3.63) is 23.4 Å². The molecule has 0 N–H and O–H groups in total. The summed E-state index contributed by atoms with van der Waals surface area (Å²) in [5.74, 6) is 1.74. The highest BCUT2D eigenvalue weighted by atomic mass is 32.1. The topological polar surface area (TPSA) is 62.5 Å². The third-order valence-corrected chi connectivity index (χ3v) is 5.12. The summed E-state index contributed by atoms with van der Waals surface area (Å²) in [7, 11) is 0. The summed E-state index contributed by atoms with van der Waals surface area (Å²) >= 11 is 1.61. The summed E-state index contributed by atoms with van der Waals surface area (Å²) in [6.45, 7) is 8.49. The quantitative estimate of drug-likeness (QED) is 0.803. The van der Waals surface area contributed by atoms with Gasteiger partial charge in [-0.25, -0.2) is 0 Å². The average Bonchev–Trinajstić information content (AvgIpc) is 3.26. The van der Waals surface area contributed by atoms with Crippen LogP contribution < -0.4 is 0 Å². The van der Waals surface area contributed by atoms with Crippen LogP contribution in [0.5, 0.6) is 0 Å². The number of nitrogens with zero attached hydrogens (tertiary/aromatic N) is 4. The second kappa shape index (κ2) is 7.90. The van der Waals surface area contributed by atoms with Gasteiger partial charge < -0.3 is 9.42 Å². The van der Waals surface area contributed by atoms with E-state index in [4.69, 9.17) is 4.52 Å². The molecule has 0 spiro atoms. The van der Waals surface area contributed by atoms with Crippen LogP contribution in [0.3, 0.4) is 0 Å². The van der Waals surface area contributed by atoms with Crippen molar-refractivity contribution in [1.82, 2.24) is 19.9 Å². The van der Waals surface area contributed by atoms with Gasteiger partial charge in [-0.1, -0.05) is 25.1 Å². The highest BCUT2D eigenvalue weighted by molar-refractivity contribution is 7.13. The minimum absolute atomic E-state index is 0.0895. The van der Waals surface area contributed by atoms with Crippen molar-refractivity contribution in [2.45, 2.75) is 26.7 Å². The lowest BCUT2D eigenvalue weighted by Crippen LogP contribution is -2.49. The van der Waals surface area contributed by atoms with Gasteiger partial charge in [0.15, 0.2) is 0 Å². The van der Waals surface area contributed by atoms with Crippen LogP contribution in [0.1, 0.15) is 26.2 Å². The molecule has 0 unspecified atom stereocenters. The van der Waals surface area contributed by atoms with Crippen molar-refractivity contribution in [2.75, 3.05) is 32.7 Å². The van der Waals surface area contributed by atoms with Crippen LogP contribution in [0.25, 0.3) is 10.7 Å². The predicted octanol–water partition coefficient (Wildman–Crippen LogP) is 2.53. The van der Waals surface area contributed by atoms with E-state index in [1.165, 1.54) is 0 Å². The maximum atomic E-state index is 12.0. The number of piperazine rings is 1. The first-order chi connectivity index (χ1) is 11.6. The summed E-state index contributed by atoms with van der Waals surface area (Å²) in [5.41, 5.74) is 0. The van der Waals surface area contributed by atoms with Gasteiger partial charge in [-0.2, -0.15) is 4.98 Å². The Morgan fingerprint density at radius 3 is 2.79 bits per heavy atom. The summed E-state index contributed by atoms with van der Waals surface area (Å²) in [5, 5.41) is 6.05. The molecule has 0 atom stereocenters. The standard InChI is InChI=1S/C17H24N4O2S/c1-13(2)17(22)21-10-8-20(9-11-21)7-3-6-15-18-16(19-23-15)14-5-4-12-24-14/h4-5,12-13H,3,6-11H2,1-2H3. The molecule has 130 valence electrons. The van der Waals surface area contributed by atoms with Crippen LogP contribution in [0.2, 0.25) is 0 Å². The summed E-state index contributed by atoms with van der Waals surface area (Å²) in [4.78, 5) is 21.9. The van der Waals surface area contributed by atoms with E-state index in [1.807, 2.05) is 36.3 Å². The largest absolute Gasteiger partial charge is 0.340 e. The van der Waals surface area contributed by atoms with Crippen molar-refractivity contribution in [2.24, 2.45) is 5.92 Å². The minimum atomic E-state index is 0.0895. The van der Waals surface area contributed by atoms with E-state index in [2.05, 4.69) is 15.0 Å². The Bertz CT molecular complexity index is 645. The number of carbonyl (C=O) groups is 1. The molecule has 0 aliphatic carbocycles. The van der Waals surface area contributed by atoms with E-state index in [0.717, 1.165) is 50.4 Å². The van der Waals surface area contributed by atoms with E-state index in [1.54, 1.807) is 11.3 Å². The highest BCUT2D eigenvalue weighted by Gasteiger charge is 2.22. The molecule has 24 heavy (non-hydrogen) atoms. The van der Waals surface area contributed by atoms with Crippen LogP contribution in [0.4, 0.5) is 0 Å². The normalized spacial score (nSPS) is 16.0. The molecule has 7 heteroatoms. The maximum absolute atomic E-state index is 12.0. The lowest BCUT2D eigenvalue weighted by molar-refractivity contribution is -0.136. The number of hydrogen-bond acceptors (Lipinski definition) is 6. The maximum Gasteiger partial charge on any atom is 0.227 e. The van der Waals surface area contributed by atoms with Crippen molar-refractivity contribution in [3.8, 4) is 10.7 Å². The molecule has 0 saturated carbocycles. The van der Waals surface area contributed by atoms with Gasteiger partial charge in [-0.05, 0) is 24.4 Å². The Morgan fingerprint density at radius 2 is 2.12 bits per heavy atom. The molecular weight excluding hydrogens is 324 g/mol. The Hall–Kier alpha value is -1.73. The Balaban J connectivity index is 1.39. The van der Waals surface area contributed by atoms with Crippen molar-refractivity contribution in [3.63, 3.8) is 0 Å². The fraction of sp³-hybridized carbons (Fsp3) is 0.588. The van der Waals surface area contributed by atoms with Crippen molar-refractivity contribution in [1.29, 1.82) is 0 Å². The molecule has 3 rings (SSSR count). The zero-order valence-electron chi connectivity index (χ0n) is 14.3. The first-order valence-corrected chi connectivity index (χ1v) is 9.39. The molecule has 0 radical (unpaired) electrons. The smallest absolute Gasteiger partial charge is 0.227 e. The number of aryl methyl sites for hydroxylation is 1. The molecule has 0 aromatic carbocycles. The number of rotatable bonds is 6. The zero-order chi connectivity index (χ0) is 16.9. The monoisotopic (exact) mass is 348 g/mol. The number of aromatic nitrogens is 2. The lowest BCUT2D eigenvalue weighted by atomic mass is 10.1. The molecule has 1 saturated heterocycles. The number of thiophene rings is 1. The van der Waals surface area contributed by atoms with Gasteiger partial charge in [0.25, 0.3) is 0 Å². The lowest BCUT2D eigenvalue weighted by Gasteiger charge is -2.35. The van der Waals surface area contributed by atoms with Crippen molar-refractivity contribution >= 4 is 17.2 Å². The van der Waals surface area contributed by atoms with E-state index < -0.39 is 0 Å². The second-order valence-electron chi connectivity index (χ2n) is 6.41. The number of carbonyl (C=O) groups excluding carboxylic acids is 1. The van der Waals surface area contributed by atoms with E-state index in [0.29, 0.717) is 11.7 Å². The van der Waals surface area contributed by atoms with Gasteiger partial charge in [0.05, 0.1) is 4.88 Å². The SMILES string of the molecule is CC(C)C(=O)N1CCN(CCCc2nc(-c3cccs3)no2)CC1. The molecule has 2 aromatic rings. The summed E-state index contributed by atoms with van der Waals surface area (Å²) in [6.07, 6.45) is 1.79. The molecular formula is C17H24N4O2S. The third kappa shape index (κ3) is 4.21. The fourth-order valence-corrected chi connectivity index (χ4v) is 3.52. The molecule has 1 aliphatic heterocycles. The van der Waals surface area contributed by atoms with Gasteiger partial charge in [0.2, 0.25) is 17.6 Å². The third-order valence-electron chi connectivity index (χ3n) is 4.25. The van der Waals surface area contributed by atoms with Crippen molar-refractivity contribution < 1.29 is 9.32 Å². The van der Waals surface area contributed by atoms with Gasteiger partial charge >= 0.3 is 0 Å². The summed E-state index contributed by atoms with van der Waals surface area (Å²) < 4.78 is 5.33. The van der Waals surface area contributed by atoms with Crippen LogP contribution in [0.15, 0.2) is 22.0 Å². The van der Waals surface area contributed by atoms with Crippen LogP contribution in [0, 0.1) is 5.92 Å². The first kappa shape index (κ1) is 17.1. The molecule has 6 nitrogen and oxygen atoms in total. The van der Waals surface area contributed by atoms with Crippen LogP contribution >= 0.6 is 11.3 Å².